The van der Waals surface area contributed by atoms with Gasteiger partial charge in [0.1, 0.15) is 0 Å². The van der Waals surface area contributed by atoms with Gasteiger partial charge in [-0.2, -0.15) is 0 Å². The summed E-state index contributed by atoms with van der Waals surface area (Å²) < 4.78 is 0. The average Bonchev–Trinajstić information content (AvgIpc) is 2.90. The van der Waals surface area contributed by atoms with Gasteiger partial charge >= 0.3 is 0 Å². The molecule has 2 heteroatoms. The van der Waals surface area contributed by atoms with Crippen LogP contribution in [0.3, 0.4) is 0 Å². The van der Waals surface area contributed by atoms with Crippen molar-refractivity contribution in [1.29, 1.82) is 0 Å². The number of hydrogen-bond acceptors (Lipinski definition) is 1. The third kappa shape index (κ3) is 2.12. The van der Waals surface area contributed by atoms with E-state index in [1.165, 1.54) is 44.9 Å². The van der Waals surface area contributed by atoms with E-state index < -0.39 is 0 Å². The van der Waals surface area contributed by atoms with Gasteiger partial charge in [-0.25, -0.2) is 0 Å². The summed E-state index contributed by atoms with van der Waals surface area (Å²) in [6.45, 7) is 0. The molecule has 0 aromatic rings. The Hall–Kier alpha value is -0.790. The lowest BCUT2D eigenvalue weighted by atomic mass is 9.54. The van der Waals surface area contributed by atoms with Gasteiger partial charge in [0.2, 0.25) is 5.91 Å². The second-order valence-corrected chi connectivity index (χ2v) is 7.90. The van der Waals surface area contributed by atoms with E-state index in [1.54, 1.807) is 0 Å². The van der Waals surface area contributed by atoms with E-state index in [0.29, 0.717) is 17.9 Å². The number of rotatable bonds is 3. The van der Waals surface area contributed by atoms with Gasteiger partial charge in [0.25, 0.3) is 0 Å². The van der Waals surface area contributed by atoms with Crippen LogP contribution in [0.5, 0.6) is 0 Å². The summed E-state index contributed by atoms with van der Waals surface area (Å²) in [6, 6.07) is 0.570. The summed E-state index contributed by atoms with van der Waals surface area (Å²) in [4.78, 5) is 14.8. The molecule has 0 aromatic heterocycles. The summed E-state index contributed by atoms with van der Waals surface area (Å²) in [6.07, 6.45) is 14.7. The molecular weight excluding hydrogens is 246 g/mol. The number of carbonyl (C=O) groups is 1. The van der Waals surface area contributed by atoms with Crippen LogP contribution in [-0.2, 0) is 4.79 Å². The molecule has 5 aliphatic carbocycles. The van der Waals surface area contributed by atoms with Crippen LogP contribution in [0.2, 0.25) is 0 Å². The Morgan fingerprint density at radius 1 is 1.10 bits per heavy atom. The zero-order valence-corrected chi connectivity index (χ0v) is 12.6. The molecule has 0 aliphatic heterocycles. The van der Waals surface area contributed by atoms with Crippen LogP contribution in [0, 0.1) is 29.6 Å². The van der Waals surface area contributed by atoms with E-state index in [0.717, 1.165) is 30.1 Å². The molecule has 4 bridgehead atoms. The number of nitrogens with zero attached hydrogens (tertiary/aromatic N) is 1. The third-order valence-corrected chi connectivity index (χ3v) is 6.57. The van der Waals surface area contributed by atoms with Crippen molar-refractivity contribution in [1.82, 2.24) is 4.90 Å². The second-order valence-electron chi connectivity index (χ2n) is 7.90. The Morgan fingerprint density at radius 3 is 2.30 bits per heavy atom. The van der Waals surface area contributed by atoms with Crippen molar-refractivity contribution in [2.45, 2.75) is 57.4 Å². The predicted molar refractivity (Wildman–Crippen MR) is 80.1 cm³/mol. The minimum absolute atomic E-state index is 0.402. The van der Waals surface area contributed by atoms with Crippen molar-refractivity contribution in [3.05, 3.63) is 12.2 Å². The minimum Gasteiger partial charge on any atom is -0.342 e. The number of allylic oxidation sites excluding steroid dienone is 2. The van der Waals surface area contributed by atoms with Crippen LogP contribution < -0.4 is 0 Å². The molecule has 0 N–H and O–H groups in total. The quantitative estimate of drug-likeness (QED) is 0.719. The van der Waals surface area contributed by atoms with Crippen molar-refractivity contribution >= 4 is 5.91 Å². The molecule has 0 aromatic carbocycles. The van der Waals surface area contributed by atoms with E-state index in [4.69, 9.17) is 0 Å². The van der Waals surface area contributed by atoms with E-state index in [1.807, 2.05) is 0 Å². The highest BCUT2D eigenvalue weighted by molar-refractivity contribution is 5.77. The fourth-order valence-electron chi connectivity index (χ4n) is 5.93. The van der Waals surface area contributed by atoms with Crippen molar-refractivity contribution < 1.29 is 4.79 Å². The molecule has 0 spiro atoms. The molecule has 0 radical (unpaired) electrons. The molecule has 110 valence electrons. The van der Waals surface area contributed by atoms with E-state index in [9.17, 15) is 4.79 Å². The highest BCUT2D eigenvalue weighted by Gasteiger charge is 2.50. The highest BCUT2D eigenvalue weighted by Crippen LogP contribution is 2.55. The van der Waals surface area contributed by atoms with Crippen LogP contribution in [0.25, 0.3) is 0 Å². The topological polar surface area (TPSA) is 20.3 Å². The fourth-order valence-corrected chi connectivity index (χ4v) is 5.93. The van der Waals surface area contributed by atoms with Gasteiger partial charge in [-0.05, 0) is 74.5 Å². The lowest BCUT2D eigenvalue weighted by Gasteiger charge is -2.56. The van der Waals surface area contributed by atoms with Gasteiger partial charge in [-0.1, -0.05) is 12.2 Å². The first kappa shape index (κ1) is 12.9. The Morgan fingerprint density at radius 2 is 1.75 bits per heavy atom. The summed E-state index contributed by atoms with van der Waals surface area (Å²) in [5.74, 6) is 4.55. The fraction of sp³-hybridized carbons (Fsp3) is 0.833. The van der Waals surface area contributed by atoms with Crippen LogP contribution in [0.15, 0.2) is 12.2 Å². The van der Waals surface area contributed by atoms with E-state index in [-0.39, 0.29) is 0 Å². The first-order valence-corrected chi connectivity index (χ1v) is 8.63. The monoisotopic (exact) mass is 273 g/mol. The SMILES string of the molecule is CN(C(=O)CC1C=CCC1)C1C2CC3CC(C2)CC1C3. The molecule has 0 saturated heterocycles. The molecule has 4 saturated carbocycles. The van der Waals surface area contributed by atoms with Crippen molar-refractivity contribution in [3.63, 3.8) is 0 Å². The lowest BCUT2D eigenvalue weighted by Crippen LogP contribution is -2.56. The maximum Gasteiger partial charge on any atom is 0.223 e. The smallest absolute Gasteiger partial charge is 0.223 e. The molecule has 1 unspecified atom stereocenters. The summed E-state index contributed by atoms with van der Waals surface area (Å²) in [5.41, 5.74) is 0. The van der Waals surface area contributed by atoms with Gasteiger partial charge in [0.15, 0.2) is 0 Å². The van der Waals surface area contributed by atoms with Crippen LogP contribution >= 0.6 is 0 Å². The molecule has 5 rings (SSSR count). The zero-order chi connectivity index (χ0) is 13.7. The Labute approximate surface area is 122 Å². The lowest BCUT2D eigenvalue weighted by molar-refractivity contribution is -0.141. The summed E-state index contributed by atoms with van der Waals surface area (Å²) >= 11 is 0. The molecule has 4 fully saturated rings. The van der Waals surface area contributed by atoms with Crippen molar-refractivity contribution in [2.75, 3.05) is 7.05 Å². The Balaban J connectivity index is 1.44. The molecule has 0 heterocycles. The molecule has 1 atom stereocenters. The van der Waals surface area contributed by atoms with Crippen molar-refractivity contribution in [3.8, 4) is 0 Å². The van der Waals surface area contributed by atoms with E-state index >= 15 is 0 Å². The number of amides is 1. The maximum atomic E-state index is 12.6. The van der Waals surface area contributed by atoms with Crippen LogP contribution in [0.1, 0.15) is 51.4 Å². The van der Waals surface area contributed by atoms with E-state index in [2.05, 4.69) is 24.1 Å². The Kier molecular flexibility index (Phi) is 3.16. The van der Waals surface area contributed by atoms with Gasteiger partial charge in [0, 0.05) is 19.5 Å². The second kappa shape index (κ2) is 4.89. The van der Waals surface area contributed by atoms with Gasteiger partial charge in [0.05, 0.1) is 0 Å². The predicted octanol–water partition coefficient (Wildman–Crippen LogP) is 3.63. The molecule has 20 heavy (non-hydrogen) atoms. The van der Waals surface area contributed by atoms with Gasteiger partial charge in [-0.15, -0.1) is 0 Å². The zero-order valence-electron chi connectivity index (χ0n) is 12.6. The number of hydrogen-bond donors (Lipinski definition) is 0. The third-order valence-electron chi connectivity index (χ3n) is 6.57. The standard InChI is InChI=1S/C18H27NO/c1-19(17(20)11-12-4-2-3-5-12)18-15-7-13-6-14(9-15)10-16(18)8-13/h2,4,12-16,18H,3,5-11H2,1H3. The summed E-state index contributed by atoms with van der Waals surface area (Å²) in [7, 11) is 2.09. The first-order valence-electron chi connectivity index (χ1n) is 8.63. The van der Waals surface area contributed by atoms with Gasteiger partial charge < -0.3 is 4.90 Å². The number of carbonyl (C=O) groups excluding carboxylic acids is 1. The summed E-state index contributed by atoms with van der Waals surface area (Å²) in [5, 5.41) is 0. The maximum absolute atomic E-state index is 12.6. The Bertz CT molecular complexity index is 399. The highest BCUT2D eigenvalue weighted by atomic mass is 16.2. The average molecular weight is 273 g/mol. The normalized spacial score (nSPS) is 45.0. The van der Waals surface area contributed by atoms with Crippen LogP contribution in [-0.4, -0.2) is 23.9 Å². The molecule has 2 nitrogen and oxygen atoms in total. The first-order chi connectivity index (χ1) is 9.70. The minimum atomic E-state index is 0.402. The van der Waals surface area contributed by atoms with Crippen LogP contribution in [0.4, 0.5) is 0 Å². The molecule has 1 amide bonds. The van der Waals surface area contributed by atoms with Gasteiger partial charge in [-0.3, -0.25) is 4.79 Å². The molecular formula is C18H27NO. The van der Waals surface area contributed by atoms with Crippen molar-refractivity contribution in [2.24, 2.45) is 29.6 Å². The molecule has 5 aliphatic rings. The largest absolute Gasteiger partial charge is 0.342 e.